The molecule has 0 bridgehead atoms. The number of thioether (sulfide) groups is 1. The smallest absolute Gasteiger partial charge is 0.156 e. The van der Waals surface area contributed by atoms with Crippen LogP contribution in [0.5, 0.6) is 5.75 Å². The molecule has 84 valence electrons. The molecule has 2 nitrogen and oxygen atoms in total. The average molecular weight is 266 g/mol. The van der Waals surface area contributed by atoms with E-state index in [9.17, 15) is 0 Å². The minimum atomic E-state index is 0.462. The molecule has 0 aliphatic rings. The van der Waals surface area contributed by atoms with Gasteiger partial charge in [-0.1, -0.05) is 23.2 Å². The summed E-state index contributed by atoms with van der Waals surface area (Å²) < 4.78 is 5.49. The molecular formula is C10H13Cl2NOS. The Kier molecular flexibility index (Phi) is 5.43. The molecule has 0 aliphatic heterocycles. The summed E-state index contributed by atoms with van der Waals surface area (Å²) in [4.78, 5) is 0. The van der Waals surface area contributed by atoms with Crippen molar-refractivity contribution in [1.82, 2.24) is 0 Å². The summed E-state index contributed by atoms with van der Waals surface area (Å²) in [6.45, 7) is 0.615. The molecule has 0 heterocycles. The first kappa shape index (κ1) is 12.8. The van der Waals surface area contributed by atoms with Crippen LogP contribution in [-0.2, 0) is 0 Å². The number of hydrogen-bond donors (Lipinski definition) is 1. The molecule has 2 N–H and O–H groups in total. The van der Waals surface area contributed by atoms with Gasteiger partial charge in [0.1, 0.15) is 0 Å². The monoisotopic (exact) mass is 265 g/mol. The highest BCUT2D eigenvalue weighted by atomic mass is 35.5. The van der Waals surface area contributed by atoms with E-state index < -0.39 is 0 Å². The van der Waals surface area contributed by atoms with Crippen LogP contribution in [0.2, 0.25) is 10.0 Å². The third kappa shape index (κ3) is 4.01. The van der Waals surface area contributed by atoms with Crippen LogP contribution in [0.25, 0.3) is 0 Å². The molecular weight excluding hydrogens is 253 g/mol. The van der Waals surface area contributed by atoms with E-state index in [4.69, 9.17) is 33.7 Å². The van der Waals surface area contributed by atoms with E-state index in [1.54, 1.807) is 23.9 Å². The first-order valence-corrected chi connectivity index (χ1v) is 6.66. The fourth-order valence-corrected chi connectivity index (χ4v) is 2.11. The lowest BCUT2D eigenvalue weighted by molar-refractivity contribution is 0.319. The third-order valence-corrected chi connectivity index (χ3v) is 3.02. The number of hydrogen-bond acceptors (Lipinski definition) is 3. The van der Waals surface area contributed by atoms with Crippen LogP contribution in [0.1, 0.15) is 6.42 Å². The molecule has 0 saturated carbocycles. The number of ether oxygens (including phenoxy) is 1. The lowest BCUT2D eigenvalue weighted by atomic mass is 10.3. The van der Waals surface area contributed by atoms with Gasteiger partial charge in [-0.25, -0.2) is 0 Å². The molecule has 0 atom stereocenters. The van der Waals surface area contributed by atoms with Crippen molar-refractivity contribution in [3.05, 3.63) is 22.2 Å². The van der Waals surface area contributed by atoms with Crippen LogP contribution in [-0.4, -0.2) is 18.6 Å². The van der Waals surface area contributed by atoms with Crippen molar-refractivity contribution in [2.75, 3.05) is 24.3 Å². The van der Waals surface area contributed by atoms with Crippen LogP contribution in [0.4, 0.5) is 5.69 Å². The van der Waals surface area contributed by atoms with Gasteiger partial charge >= 0.3 is 0 Å². The topological polar surface area (TPSA) is 35.2 Å². The minimum absolute atomic E-state index is 0.462. The van der Waals surface area contributed by atoms with E-state index in [1.807, 2.05) is 0 Å². The number of rotatable bonds is 5. The molecule has 1 aromatic carbocycles. The van der Waals surface area contributed by atoms with Gasteiger partial charge in [0.05, 0.1) is 16.7 Å². The molecule has 15 heavy (non-hydrogen) atoms. The van der Waals surface area contributed by atoms with Crippen molar-refractivity contribution < 1.29 is 4.74 Å². The second-order valence-corrected chi connectivity index (χ2v) is 4.81. The zero-order valence-corrected chi connectivity index (χ0v) is 10.8. The maximum absolute atomic E-state index is 5.95. The molecule has 0 saturated heterocycles. The second-order valence-electron chi connectivity index (χ2n) is 3.01. The van der Waals surface area contributed by atoms with Crippen LogP contribution >= 0.6 is 35.0 Å². The maximum Gasteiger partial charge on any atom is 0.156 e. The van der Waals surface area contributed by atoms with Gasteiger partial charge in [-0.15, -0.1) is 0 Å². The van der Waals surface area contributed by atoms with E-state index in [2.05, 4.69) is 6.26 Å². The maximum atomic E-state index is 5.95. The van der Waals surface area contributed by atoms with Crippen molar-refractivity contribution in [3.8, 4) is 5.75 Å². The quantitative estimate of drug-likeness (QED) is 0.651. The molecule has 0 radical (unpaired) electrons. The van der Waals surface area contributed by atoms with Gasteiger partial charge in [-0.3, -0.25) is 0 Å². The molecule has 0 unspecified atom stereocenters. The Balaban J connectivity index is 2.60. The number of anilines is 1. The highest BCUT2D eigenvalue weighted by Gasteiger charge is 2.08. The minimum Gasteiger partial charge on any atom is -0.490 e. The van der Waals surface area contributed by atoms with Crippen LogP contribution in [0, 0.1) is 0 Å². The number of nitrogens with two attached hydrogens (primary N) is 1. The lowest BCUT2D eigenvalue weighted by Gasteiger charge is -2.10. The summed E-state index contributed by atoms with van der Waals surface area (Å²) in [6, 6.07) is 3.27. The molecule has 1 aromatic rings. The van der Waals surface area contributed by atoms with Crippen molar-refractivity contribution in [3.63, 3.8) is 0 Å². The van der Waals surface area contributed by atoms with Crippen LogP contribution in [0.3, 0.4) is 0 Å². The SMILES string of the molecule is CSCCCOc1c(Cl)cc(N)cc1Cl. The molecule has 5 heteroatoms. The van der Waals surface area contributed by atoms with Crippen molar-refractivity contribution >= 4 is 40.7 Å². The zero-order chi connectivity index (χ0) is 11.3. The largest absolute Gasteiger partial charge is 0.490 e. The Labute approximate surface area is 104 Å². The standard InChI is InChI=1S/C10H13Cl2NOS/c1-15-4-2-3-14-10-8(11)5-7(13)6-9(10)12/h5-6H,2-4,13H2,1H3. The number of nitrogen functional groups attached to an aromatic ring is 1. The first-order valence-electron chi connectivity index (χ1n) is 4.51. The van der Waals surface area contributed by atoms with Gasteiger partial charge in [-0.05, 0) is 30.6 Å². The lowest BCUT2D eigenvalue weighted by Crippen LogP contribution is -2.00. The van der Waals surface area contributed by atoms with Gasteiger partial charge in [0.2, 0.25) is 0 Å². The van der Waals surface area contributed by atoms with Crippen molar-refractivity contribution in [2.45, 2.75) is 6.42 Å². The first-order chi connectivity index (χ1) is 7.15. The predicted molar refractivity (Wildman–Crippen MR) is 69.4 cm³/mol. The van der Waals surface area contributed by atoms with Gasteiger partial charge < -0.3 is 10.5 Å². The second kappa shape index (κ2) is 6.36. The van der Waals surface area contributed by atoms with E-state index in [1.165, 1.54) is 0 Å². The van der Waals surface area contributed by atoms with E-state index in [0.29, 0.717) is 28.1 Å². The number of halogens is 2. The molecule has 0 spiro atoms. The molecule has 0 aromatic heterocycles. The zero-order valence-electron chi connectivity index (χ0n) is 8.43. The molecule has 0 fully saturated rings. The van der Waals surface area contributed by atoms with E-state index in [0.717, 1.165) is 12.2 Å². The summed E-state index contributed by atoms with van der Waals surface area (Å²) in [7, 11) is 0. The van der Waals surface area contributed by atoms with E-state index in [-0.39, 0.29) is 0 Å². The Morgan fingerprint density at radius 3 is 2.47 bits per heavy atom. The van der Waals surface area contributed by atoms with Gasteiger partial charge in [0.15, 0.2) is 5.75 Å². The normalized spacial score (nSPS) is 10.3. The summed E-state index contributed by atoms with van der Waals surface area (Å²) >= 11 is 13.7. The Morgan fingerprint density at radius 2 is 1.93 bits per heavy atom. The Morgan fingerprint density at radius 1 is 1.33 bits per heavy atom. The van der Waals surface area contributed by atoms with Crippen LogP contribution in [0.15, 0.2) is 12.1 Å². The third-order valence-electron chi connectivity index (χ3n) is 1.76. The fraction of sp³-hybridized carbons (Fsp3) is 0.400. The summed E-state index contributed by atoms with van der Waals surface area (Å²) in [5.74, 6) is 1.58. The van der Waals surface area contributed by atoms with Crippen molar-refractivity contribution in [1.29, 1.82) is 0 Å². The molecule has 0 aliphatic carbocycles. The van der Waals surface area contributed by atoms with Crippen LogP contribution < -0.4 is 10.5 Å². The Bertz CT molecular complexity index is 310. The highest BCUT2D eigenvalue weighted by molar-refractivity contribution is 7.98. The summed E-state index contributed by atoms with van der Waals surface area (Å²) in [6.07, 6.45) is 3.03. The fourth-order valence-electron chi connectivity index (χ4n) is 1.09. The molecule has 1 rings (SSSR count). The summed E-state index contributed by atoms with van der Waals surface area (Å²) in [5, 5.41) is 0.924. The highest BCUT2D eigenvalue weighted by Crippen LogP contribution is 2.35. The predicted octanol–water partition coefficient (Wildman–Crippen LogP) is 3.71. The van der Waals surface area contributed by atoms with Gasteiger partial charge in [0, 0.05) is 5.69 Å². The number of benzene rings is 1. The Hall–Kier alpha value is -0.250. The van der Waals surface area contributed by atoms with Crippen molar-refractivity contribution in [2.24, 2.45) is 0 Å². The van der Waals surface area contributed by atoms with Gasteiger partial charge in [0.25, 0.3) is 0 Å². The van der Waals surface area contributed by atoms with E-state index >= 15 is 0 Å². The molecule has 0 amide bonds. The summed E-state index contributed by atoms with van der Waals surface area (Å²) in [5.41, 5.74) is 6.12. The van der Waals surface area contributed by atoms with Gasteiger partial charge in [-0.2, -0.15) is 11.8 Å². The average Bonchev–Trinajstić information content (AvgIpc) is 2.15.